The van der Waals surface area contributed by atoms with Crippen LogP contribution >= 0.6 is 29.2 Å². The predicted octanol–water partition coefficient (Wildman–Crippen LogP) is 2.25. The Morgan fingerprint density at radius 3 is 2.00 bits per heavy atom. The lowest BCUT2D eigenvalue weighted by molar-refractivity contribution is 0.698. The van der Waals surface area contributed by atoms with Crippen molar-refractivity contribution in [1.29, 1.82) is 0 Å². The second-order valence-corrected chi connectivity index (χ2v) is 8.68. The Kier molecular flexibility index (Phi) is 2.98. The summed E-state index contributed by atoms with van der Waals surface area (Å²) in [7, 11) is 4.33. The summed E-state index contributed by atoms with van der Waals surface area (Å²) in [5, 5.41) is 0. The summed E-state index contributed by atoms with van der Waals surface area (Å²) < 4.78 is 2.33. The van der Waals surface area contributed by atoms with Gasteiger partial charge in [-0.1, -0.05) is 0 Å². The molecule has 1 aliphatic heterocycles. The van der Waals surface area contributed by atoms with Crippen molar-refractivity contribution in [2.75, 3.05) is 25.6 Å². The summed E-state index contributed by atoms with van der Waals surface area (Å²) >= 11 is 4.21. The molecule has 0 radical (unpaired) electrons. The monoisotopic (exact) mass is 167 g/mol. The van der Waals surface area contributed by atoms with Crippen LogP contribution in [0.15, 0.2) is 0 Å². The second kappa shape index (κ2) is 3.31. The lowest BCUT2D eigenvalue weighted by Crippen LogP contribution is -1.97. The van der Waals surface area contributed by atoms with Gasteiger partial charge in [0.2, 0.25) is 0 Å². The summed E-state index contributed by atoms with van der Waals surface area (Å²) in [4.78, 5) is 0. The molecule has 0 saturated carbocycles. The molecule has 0 aromatic carbocycles. The van der Waals surface area contributed by atoms with Crippen molar-refractivity contribution in [3.8, 4) is 0 Å². The van der Waals surface area contributed by atoms with Crippen molar-refractivity contribution >= 4 is 29.2 Å². The molecular weight excluding hydrogens is 157 g/mol. The van der Waals surface area contributed by atoms with Crippen molar-refractivity contribution < 1.29 is 0 Å². The first-order chi connectivity index (χ1) is 3.80. The van der Waals surface area contributed by atoms with Crippen LogP contribution in [0.1, 0.15) is 0 Å². The minimum atomic E-state index is 0.163. The fourth-order valence-electron chi connectivity index (χ4n) is 0.499. The van der Waals surface area contributed by atoms with Gasteiger partial charge in [-0.25, -0.2) is 0 Å². The smallest absolute Gasteiger partial charge is 0.0870 e. The topological polar surface area (TPSA) is 3.24 Å². The predicted molar refractivity (Wildman–Crippen MR) is 45.5 cm³/mol. The minimum Gasteiger partial charge on any atom is -0.272 e. The lowest BCUT2D eigenvalue weighted by Gasteiger charge is -2.14. The molecule has 4 heteroatoms. The fraction of sp³-hybridized carbons (Fsp3) is 1.00. The van der Waals surface area contributed by atoms with E-state index in [1.165, 1.54) is 11.5 Å². The summed E-state index contributed by atoms with van der Waals surface area (Å²) in [6.07, 6.45) is 0. The summed E-state index contributed by atoms with van der Waals surface area (Å²) in [5.74, 6) is 2.71. The quantitative estimate of drug-likeness (QED) is 0.551. The SMILES string of the molecule is CN(C)P1SCCS1. The fourth-order valence-corrected chi connectivity index (χ4v) is 7.84. The van der Waals surface area contributed by atoms with Crippen LogP contribution < -0.4 is 0 Å². The van der Waals surface area contributed by atoms with Gasteiger partial charge in [0.05, 0.1) is 6.48 Å². The first-order valence-electron chi connectivity index (χ1n) is 2.54. The molecule has 0 bridgehead atoms. The Hall–Kier alpha value is 1.09. The van der Waals surface area contributed by atoms with Crippen LogP contribution in [0, 0.1) is 0 Å². The Balaban J connectivity index is 2.24. The Morgan fingerprint density at radius 2 is 1.75 bits per heavy atom. The molecule has 0 aliphatic carbocycles. The molecule has 1 aliphatic rings. The van der Waals surface area contributed by atoms with E-state index in [0.717, 1.165) is 0 Å². The van der Waals surface area contributed by atoms with Gasteiger partial charge in [-0.3, -0.25) is 4.67 Å². The van der Waals surface area contributed by atoms with E-state index in [-0.39, 0.29) is 6.48 Å². The minimum absolute atomic E-state index is 0.163. The van der Waals surface area contributed by atoms with Crippen LogP contribution in [-0.2, 0) is 0 Å². The zero-order valence-corrected chi connectivity index (χ0v) is 7.65. The van der Waals surface area contributed by atoms with Crippen LogP contribution in [0.4, 0.5) is 0 Å². The first kappa shape index (κ1) is 7.20. The molecule has 8 heavy (non-hydrogen) atoms. The maximum atomic E-state index is 2.33. The van der Waals surface area contributed by atoms with Gasteiger partial charge in [-0.2, -0.15) is 0 Å². The van der Waals surface area contributed by atoms with Crippen LogP contribution in [0.2, 0.25) is 0 Å². The number of hydrogen-bond donors (Lipinski definition) is 0. The molecule has 0 aromatic heterocycles. The van der Waals surface area contributed by atoms with E-state index in [9.17, 15) is 0 Å². The van der Waals surface area contributed by atoms with Gasteiger partial charge in [0.25, 0.3) is 0 Å². The van der Waals surface area contributed by atoms with E-state index in [4.69, 9.17) is 0 Å². The molecule has 0 aromatic rings. The highest BCUT2D eigenvalue weighted by molar-refractivity contribution is 8.89. The van der Waals surface area contributed by atoms with Crippen molar-refractivity contribution in [3.63, 3.8) is 0 Å². The summed E-state index contributed by atoms with van der Waals surface area (Å²) in [5.41, 5.74) is 0. The molecule has 1 nitrogen and oxygen atoms in total. The van der Waals surface area contributed by atoms with E-state index in [1.54, 1.807) is 0 Å². The maximum absolute atomic E-state index is 2.33. The molecule has 0 spiro atoms. The molecule has 0 unspecified atom stereocenters. The molecule has 1 rings (SSSR count). The van der Waals surface area contributed by atoms with Crippen LogP contribution in [0.5, 0.6) is 0 Å². The molecule has 0 N–H and O–H groups in total. The largest absolute Gasteiger partial charge is 0.272 e. The van der Waals surface area contributed by atoms with Crippen molar-refractivity contribution in [2.45, 2.75) is 0 Å². The third-order valence-electron chi connectivity index (χ3n) is 0.813. The average Bonchev–Trinajstić information content (AvgIpc) is 2.12. The van der Waals surface area contributed by atoms with Gasteiger partial charge >= 0.3 is 0 Å². The highest BCUT2D eigenvalue weighted by atomic mass is 33.1. The molecule has 1 fully saturated rings. The van der Waals surface area contributed by atoms with Gasteiger partial charge in [-0.05, 0) is 14.1 Å². The van der Waals surface area contributed by atoms with Crippen molar-refractivity contribution in [1.82, 2.24) is 4.67 Å². The van der Waals surface area contributed by atoms with Crippen LogP contribution in [-0.4, -0.2) is 30.3 Å². The standard InChI is InChI=1S/C4H10NPS2/c1-5(2)6-7-3-4-8-6/h3-4H2,1-2H3. The van der Waals surface area contributed by atoms with Gasteiger partial charge in [0, 0.05) is 11.5 Å². The molecule has 48 valence electrons. The third kappa shape index (κ3) is 1.80. The molecular formula is C4H10NPS2. The van der Waals surface area contributed by atoms with Crippen molar-refractivity contribution in [2.24, 2.45) is 0 Å². The maximum Gasteiger partial charge on any atom is 0.0870 e. The van der Waals surface area contributed by atoms with E-state index in [2.05, 4.69) is 41.5 Å². The number of nitrogens with zero attached hydrogens (tertiary/aromatic N) is 1. The summed E-state index contributed by atoms with van der Waals surface area (Å²) in [6, 6.07) is 0. The number of rotatable bonds is 1. The Morgan fingerprint density at radius 1 is 1.25 bits per heavy atom. The van der Waals surface area contributed by atoms with Gasteiger partial charge in [0.15, 0.2) is 0 Å². The van der Waals surface area contributed by atoms with Crippen molar-refractivity contribution in [3.05, 3.63) is 0 Å². The molecule has 0 amide bonds. The average molecular weight is 167 g/mol. The first-order valence-corrected chi connectivity index (χ1v) is 7.01. The second-order valence-electron chi connectivity index (χ2n) is 1.75. The Bertz CT molecular complexity index is 72.4. The molecule has 0 atom stereocenters. The van der Waals surface area contributed by atoms with Gasteiger partial charge in [-0.15, -0.1) is 22.8 Å². The summed E-state index contributed by atoms with van der Waals surface area (Å²) in [6.45, 7) is 0.163. The Labute approximate surface area is 59.9 Å². The van der Waals surface area contributed by atoms with E-state index >= 15 is 0 Å². The van der Waals surface area contributed by atoms with Gasteiger partial charge < -0.3 is 0 Å². The third-order valence-corrected chi connectivity index (χ3v) is 9.22. The van der Waals surface area contributed by atoms with E-state index in [1.807, 2.05) is 0 Å². The van der Waals surface area contributed by atoms with E-state index < -0.39 is 0 Å². The van der Waals surface area contributed by atoms with Crippen LogP contribution in [0.25, 0.3) is 0 Å². The van der Waals surface area contributed by atoms with Gasteiger partial charge in [0.1, 0.15) is 0 Å². The zero-order chi connectivity index (χ0) is 5.98. The lowest BCUT2D eigenvalue weighted by atomic mass is 11.0. The highest BCUT2D eigenvalue weighted by Gasteiger charge is 2.17. The zero-order valence-electron chi connectivity index (χ0n) is 5.13. The number of hydrogen-bond acceptors (Lipinski definition) is 3. The molecule has 1 saturated heterocycles. The van der Waals surface area contributed by atoms with Crippen LogP contribution in [0.3, 0.4) is 0 Å². The molecule has 1 heterocycles. The highest BCUT2D eigenvalue weighted by Crippen LogP contribution is 2.66. The normalized spacial score (nSPS) is 22.9. The van der Waals surface area contributed by atoms with E-state index in [0.29, 0.717) is 0 Å².